The van der Waals surface area contributed by atoms with Gasteiger partial charge in [-0.1, -0.05) is 354 Å². The third kappa shape index (κ3) is 11.3. The number of benzene rings is 19. The molecule has 3 aliphatic rings. The molecule has 0 fully saturated rings. The van der Waals surface area contributed by atoms with Crippen LogP contribution >= 0.6 is 11.3 Å². The van der Waals surface area contributed by atoms with Crippen molar-refractivity contribution in [2.24, 2.45) is 0 Å². The zero-order valence-electron chi connectivity index (χ0n) is 68.3. The van der Waals surface area contributed by atoms with Crippen molar-refractivity contribution in [3.63, 3.8) is 0 Å². The molecule has 0 saturated heterocycles. The molecule has 0 unspecified atom stereocenters. The number of fused-ring (bicyclic) bond motifs is 18. The molecule has 0 N–H and O–H groups in total. The van der Waals surface area contributed by atoms with Gasteiger partial charge in [-0.2, -0.15) is 0 Å². The van der Waals surface area contributed by atoms with Gasteiger partial charge in [0.05, 0.1) is 16.5 Å². The molecule has 19 aromatic carbocycles. The van der Waals surface area contributed by atoms with Crippen LogP contribution in [0.5, 0.6) is 0 Å². The first kappa shape index (κ1) is 72.6. The highest BCUT2D eigenvalue weighted by Gasteiger charge is 2.48. The number of para-hydroxylation sites is 3. The van der Waals surface area contributed by atoms with Crippen molar-refractivity contribution in [1.29, 1.82) is 0 Å². The number of furan rings is 2. The molecule has 0 atom stereocenters. The summed E-state index contributed by atoms with van der Waals surface area (Å²) in [6, 6.07) is 164. The van der Waals surface area contributed by atoms with E-state index >= 15 is 0 Å². The quantitative estimate of drug-likeness (QED) is 0.115. The number of anilines is 6. The summed E-state index contributed by atoms with van der Waals surface area (Å²) < 4.78 is 15.8. The lowest BCUT2D eigenvalue weighted by molar-refractivity contribution is 0.660. The second-order valence-electron chi connectivity index (χ2n) is 33.6. The Morgan fingerprint density at radius 3 is 1.26 bits per heavy atom. The monoisotopic (exact) mass is 1600 g/mol. The molecular formula is C119H80N2O2S. The molecule has 584 valence electrons. The smallest absolute Gasteiger partial charge is 0.137 e. The second kappa shape index (κ2) is 28.9. The summed E-state index contributed by atoms with van der Waals surface area (Å²) in [5.74, 6) is 0. The number of rotatable bonds is 13. The van der Waals surface area contributed by atoms with E-state index in [1.807, 2.05) is 17.4 Å². The van der Waals surface area contributed by atoms with E-state index in [-0.39, 0.29) is 5.41 Å². The molecule has 0 radical (unpaired) electrons. The van der Waals surface area contributed by atoms with Gasteiger partial charge in [-0.15, -0.1) is 11.3 Å². The standard InChI is InChI=1S/C64H43NOS.C55H37NO/c1-63(2)55-23-10-6-17-47(55)50-34-32-44(38-58(50)63)65(45-33-35-52-51-20-9-13-26-59(51)66-60(52)39-45)43-30-27-40(28-31-43)46-21-14-22-53-54-37-42(29-36-61(54)67-62(46)53)64(41-15-4-3-5-16-41)56-24-11-7-18-48(56)49-19-8-12-25-57(49)64;1-4-16-38(17-5-1)39-28-32-44(33-29-39)56(43-20-8-3-9-21-43)52-27-15-12-22-45(52)40-30-35-53-49(36-40)48-34-31-42(37-54(48)57-53)55(41-18-6-2-7-19-41)50-25-13-10-23-46(50)47-24-11-14-26-51(47)55/h3-39H,1-2H3;1-37H. The minimum Gasteiger partial charge on any atom is -0.456 e. The normalized spacial score (nSPS) is 13.4. The summed E-state index contributed by atoms with van der Waals surface area (Å²) in [4.78, 5) is 4.74. The summed E-state index contributed by atoms with van der Waals surface area (Å²) in [5, 5.41) is 7.04. The van der Waals surface area contributed by atoms with Crippen LogP contribution in [-0.4, -0.2) is 0 Å². The molecule has 0 saturated carbocycles. The van der Waals surface area contributed by atoms with Crippen LogP contribution in [0.4, 0.5) is 34.1 Å². The molecule has 124 heavy (non-hydrogen) atoms. The molecule has 0 aliphatic heterocycles. The highest BCUT2D eigenvalue weighted by Crippen LogP contribution is 2.60. The van der Waals surface area contributed by atoms with Gasteiger partial charge in [-0.25, -0.2) is 0 Å². The summed E-state index contributed by atoms with van der Waals surface area (Å²) >= 11 is 1.89. The van der Waals surface area contributed by atoms with Crippen LogP contribution in [0.3, 0.4) is 0 Å². The van der Waals surface area contributed by atoms with E-state index in [0.29, 0.717) is 0 Å². The highest BCUT2D eigenvalue weighted by atomic mass is 32.1. The fraction of sp³-hybridized carbons (Fsp3) is 0.0420. The average molecular weight is 1600 g/mol. The molecule has 0 spiro atoms. The summed E-state index contributed by atoms with van der Waals surface area (Å²) in [5.41, 5.74) is 37.0. The first-order chi connectivity index (χ1) is 61.2. The van der Waals surface area contributed by atoms with Gasteiger partial charge >= 0.3 is 0 Å². The molecule has 22 aromatic rings. The van der Waals surface area contributed by atoms with E-state index < -0.39 is 10.8 Å². The van der Waals surface area contributed by atoms with E-state index in [1.54, 1.807) is 0 Å². The minimum absolute atomic E-state index is 0.127. The summed E-state index contributed by atoms with van der Waals surface area (Å²) in [7, 11) is 0. The third-order valence-corrected chi connectivity index (χ3v) is 28.0. The minimum atomic E-state index is -0.480. The van der Waals surface area contributed by atoms with E-state index in [1.165, 1.54) is 131 Å². The van der Waals surface area contributed by atoms with Crippen LogP contribution in [0.1, 0.15) is 69.5 Å². The molecule has 0 bridgehead atoms. The first-order valence-corrected chi connectivity index (χ1v) is 43.6. The Kier molecular flexibility index (Phi) is 16.9. The van der Waals surface area contributed by atoms with Crippen molar-refractivity contribution in [2.45, 2.75) is 30.1 Å². The van der Waals surface area contributed by atoms with E-state index in [9.17, 15) is 0 Å². The predicted octanol–water partition coefficient (Wildman–Crippen LogP) is 32.5. The fourth-order valence-electron chi connectivity index (χ4n) is 21.1. The Bertz CT molecular complexity index is 7860. The van der Waals surface area contributed by atoms with E-state index in [4.69, 9.17) is 8.83 Å². The van der Waals surface area contributed by atoms with Crippen LogP contribution in [0.15, 0.2) is 458 Å². The lowest BCUT2D eigenvalue weighted by Crippen LogP contribution is -2.28. The van der Waals surface area contributed by atoms with E-state index in [0.717, 1.165) is 89.1 Å². The molecule has 3 aliphatic carbocycles. The Morgan fingerprint density at radius 1 is 0.210 bits per heavy atom. The largest absolute Gasteiger partial charge is 0.456 e. The third-order valence-electron chi connectivity index (χ3n) is 26.7. The maximum Gasteiger partial charge on any atom is 0.137 e. The van der Waals surface area contributed by atoms with Crippen molar-refractivity contribution in [1.82, 2.24) is 0 Å². The van der Waals surface area contributed by atoms with Gasteiger partial charge in [0.15, 0.2) is 0 Å². The lowest BCUT2D eigenvalue weighted by Gasteiger charge is -2.34. The molecule has 3 aromatic heterocycles. The van der Waals surface area contributed by atoms with Gasteiger partial charge in [0, 0.05) is 87.2 Å². The van der Waals surface area contributed by atoms with Crippen molar-refractivity contribution in [2.75, 3.05) is 9.80 Å². The first-order valence-electron chi connectivity index (χ1n) is 42.8. The predicted molar refractivity (Wildman–Crippen MR) is 518 cm³/mol. The topological polar surface area (TPSA) is 32.8 Å². The fourth-order valence-corrected chi connectivity index (χ4v) is 22.4. The van der Waals surface area contributed by atoms with Crippen LogP contribution in [0.2, 0.25) is 0 Å². The van der Waals surface area contributed by atoms with Gasteiger partial charge < -0.3 is 18.6 Å². The highest BCUT2D eigenvalue weighted by molar-refractivity contribution is 7.26. The van der Waals surface area contributed by atoms with Crippen LogP contribution in [0.25, 0.3) is 131 Å². The molecule has 25 rings (SSSR count). The second-order valence-corrected chi connectivity index (χ2v) is 34.6. The van der Waals surface area contributed by atoms with Crippen molar-refractivity contribution < 1.29 is 8.83 Å². The zero-order valence-corrected chi connectivity index (χ0v) is 69.2. The molecule has 5 heteroatoms. The van der Waals surface area contributed by atoms with Gasteiger partial charge in [-0.05, 0) is 220 Å². The zero-order chi connectivity index (χ0) is 82.2. The maximum absolute atomic E-state index is 6.75. The van der Waals surface area contributed by atoms with E-state index in [2.05, 4.69) is 466 Å². The van der Waals surface area contributed by atoms with Gasteiger partial charge in [0.25, 0.3) is 0 Å². The molecular weight excluding hydrogens is 1520 g/mol. The van der Waals surface area contributed by atoms with Crippen LogP contribution in [-0.2, 0) is 16.2 Å². The van der Waals surface area contributed by atoms with Crippen molar-refractivity contribution in [3.8, 4) is 66.8 Å². The number of hydrogen-bond acceptors (Lipinski definition) is 5. The molecule has 3 heterocycles. The number of hydrogen-bond donors (Lipinski definition) is 0. The van der Waals surface area contributed by atoms with Gasteiger partial charge in [-0.3, -0.25) is 0 Å². The van der Waals surface area contributed by atoms with Gasteiger partial charge in [0.2, 0.25) is 0 Å². The van der Waals surface area contributed by atoms with Gasteiger partial charge in [0.1, 0.15) is 22.3 Å². The Labute approximate surface area is 724 Å². The van der Waals surface area contributed by atoms with Crippen LogP contribution < -0.4 is 9.80 Å². The van der Waals surface area contributed by atoms with Crippen molar-refractivity contribution in [3.05, 3.63) is 505 Å². The average Bonchev–Trinajstić information content (AvgIpc) is 1.53. The molecule has 4 nitrogen and oxygen atoms in total. The number of thiophene rings is 1. The summed E-state index contributed by atoms with van der Waals surface area (Å²) in [6.45, 7) is 4.70. The SMILES string of the molecule is CC1(C)c2ccccc2-c2ccc(N(c3ccc(-c4cccc5c4sc4ccc(C6(c7ccccc7)c7ccccc7-c7ccccc76)cc45)cc3)c3ccc4c(c3)oc3ccccc34)cc21.c1ccc(-c2ccc(N(c3ccccc3)c3ccccc3-c3ccc4oc5cc(C6(c7ccccc7)c7ccccc7-c7ccccc76)ccc5c4c3)cc2)cc1. The summed E-state index contributed by atoms with van der Waals surface area (Å²) in [6.07, 6.45) is 0. The Morgan fingerprint density at radius 2 is 0.621 bits per heavy atom. The Hall–Kier alpha value is -15.4. The van der Waals surface area contributed by atoms with Crippen molar-refractivity contribution >= 4 is 110 Å². The van der Waals surface area contributed by atoms with Crippen LogP contribution in [0, 0.1) is 0 Å². The maximum atomic E-state index is 6.75. The number of nitrogens with zero attached hydrogens (tertiary/aromatic N) is 2. The Balaban J connectivity index is 0.000000141. The lowest BCUT2D eigenvalue weighted by atomic mass is 9.67. The molecule has 0 amide bonds.